The molecule has 3 heteroatoms. The average molecular weight is 150 g/mol. The molecule has 0 bridgehead atoms. The quantitative estimate of drug-likeness (QED) is 0.524. The van der Waals surface area contributed by atoms with Crippen LogP contribution in [0.3, 0.4) is 0 Å². The summed E-state index contributed by atoms with van der Waals surface area (Å²) in [6, 6.07) is 0. The molecule has 0 aliphatic heterocycles. The van der Waals surface area contributed by atoms with Crippen molar-refractivity contribution in [3.63, 3.8) is 0 Å². The van der Waals surface area contributed by atoms with Gasteiger partial charge in [-0.25, -0.2) is 0 Å². The molecule has 0 atom stereocenters. The van der Waals surface area contributed by atoms with Crippen molar-refractivity contribution in [1.82, 2.24) is 10.1 Å². The van der Waals surface area contributed by atoms with Crippen LogP contribution in [-0.2, 0) is 0 Å². The molecule has 0 saturated carbocycles. The minimum absolute atomic E-state index is 0.335. The first-order valence-corrected chi connectivity index (χ1v) is 3.50. The van der Waals surface area contributed by atoms with E-state index in [4.69, 9.17) is 4.52 Å². The Bertz CT molecular complexity index is 291. The van der Waals surface area contributed by atoms with Crippen LogP contribution in [0.5, 0.6) is 0 Å². The summed E-state index contributed by atoms with van der Waals surface area (Å²) in [5.74, 6) is 7.06. The lowest BCUT2D eigenvalue weighted by Crippen LogP contribution is -1.79. The van der Waals surface area contributed by atoms with Crippen LogP contribution in [0.4, 0.5) is 0 Å². The minimum Gasteiger partial charge on any atom is -0.325 e. The van der Waals surface area contributed by atoms with Crippen LogP contribution in [-0.4, -0.2) is 10.1 Å². The predicted octanol–water partition coefficient (Wildman–Crippen LogP) is 1.39. The topological polar surface area (TPSA) is 38.9 Å². The standard InChI is InChI=1S/C8H10N2O/c1-6(2)4-5-8-9-7(3)10-11-8/h6H,1-3H3. The van der Waals surface area contributed by atoms with E-state index in [0.717, 1.165) is 0 Å². The van der Waals surface area contributed by atoms with Gasteiger partial charge in [0.05, 0.1) is 0 Å². The fraction of sp³-hybridized carbons (Fsp3) is 0.500. The Hall–Kier alpha value is -1.30. The van der Waals surface area contributed by atoms with Crippen LogP contribution in [0, 0.1) is 24.7 Å². The van der Waals surface area contributed by atoms with Crippen molar-refractivity contribution in [2.75, 3.05) is 0 Å². The zero-order valence-corrected chi connectivity index (χ0v) is 6.88. The Labute approximate surface area is 65.8 Å². The summed E-state index contributed by atoms with van der Waals surface area (Å²) < 4.78 is 4.78. The molecular formula is C8H10N2O. The van der Waals surface area contributed by atoms with Gasteiger partial charge in [-0.15, -0.1) is 0 Å². The summed E-state index contributed by atoms with van der Waals surface area (Å²) in [7, 11) is 0. The molecule has 0 spiro atoms. The largest absolute Gasteiger partial charge is 0.325 e. The number of aromatic nitrogens is 2. The lowest BCUT2D eigenvalue weighted by atomic mass is 10.2. The smallest absolute Gasteiger partial charge is 0.302 e. The second-order valence-electron chi connectivity index (χ2n) is 2.57. The highest BCUT2D eigenvalue weighted by molar-refractivity contribution is 5.17. The van der Waals surface area contributed by atoms with Gasteiger partial charge in [0.2, 0.25) is 0 Å². The third kappa shape index (κ3) is 2.42. The van der Waals surface area contributed by atoms with Crippen LogP contribution in [0.1, 0.15) is 25.6 Å². The molecule has 0 aliphatic carbocycles. The maximum absolute atomic E-state index is 4.78. The second-order valence-corrected chi connectivity index (χ2v) is 2.57. The maximum Gasteiger partial charge on any atom is 0.302 e. The van der Waals surface area contributed by atoms with E-state index < -0.39 is 0 Å². The van der Waals surface area contributed by atoms with Gasteiger partial charge in [-0.1, -0.05) is 24.9 Å². The summed E-state index contributed by atoms with van der Waals surface area (Å²) in [4.78, 5) is 3.93. The van der Waals surface area contributed by atoms with E-state index in [1.54, 1.807) is 6.92 Å². The molecule has 58 valence electrons. The first-order chi connectivity index (χ1) is 5.18. The third-order valence-corrected chi connectivity index (χ3v) is 0.995. The van der Waals surface area contributed by atoms with Gasteiger partial charge in [-0.3, -0.25) is 0 Å². The number of nitrogens with zero attached hydrogens (tertiary/aromatic N) is 2. The highest BCUT2D eigenvalue weighted by atomic mass is 16.5. The highest BCUT2D eigenvalue weighted by Crippen LogP contribution is 1.94. The van der Waals surface area contributed by atoms with Crippen molar-refractivity contribution in [2.24, 2.45) is 5.92 Å². The van der Waals surface area contributed by atoms with Gasteiger partial charge in [0, 0.05) is 5.92 Å². The van der Waals surface area contributed by atoms with Crippen molar-refractivity contribution in [3.05, 3.63) is 11.7 Å². The molecule has 0 amide bonds. The van der Waals surface area contributed by atoms with Crippen molar-refractivity contribution < 1.29 is 4.52 Å². The second kappa shape index (κ2) is 3.20. The van der Waals surface area contributed by atoms with Crippen LogP contribution in [0.2, 0.25) is 0 Å². The van der Waals surface area contributed by atoms with E-state index in [9.17, 15) is 0 Å². The van der Waals surface area contributed by atoms with Crippen molar-refractivity contribution in [2.45, 2.75) is 20.8 Å². The monoisotopic (exact) mass is 150 g/mol. The molecule has 0 saturated heterocycles. The van der Waals surface area contributed by atoms with Gasteiger partial charge >= 0.3 is 5.89 Å². The molecular weight excluding hydrogens is 140 g/mol. The Morgan fingerprint density at radius 3 is 2.64 bits per heavy atom. The summed E-state index contributed by atoms with van der Waals surface area (Å²) in [5.41, 5.74) is 0. The third-order valence-electron chi connectivity index (χ3n) is 0.995. The molecule has 0 radical (unpaired) electrons. The number of aryl methyl sites for hydroxylation is 1. The molecule has 1 heterocycles. The molecule has 0 fully saturated rings. The highest BCUT2D eigenvalue weighted by Gasteiger charge is 1.95. The maximum atomic E-state index is 4.78. The Kier molecular flexibility index (Phi) is 2.27. The zero-order valence-electron chi connectivity index (χ0n) is 6.88. The van der Waals surface area contributed by atoms with E-state index in [1.807, 2.05) is 13.8 Å². The summed E-state index contributed by atoms with van der Waals surface area (Å²) in [6.45, 7) is 5.79. The molecule has 3 nitrogen and oxygen atoms in total. The van der Waals surface area contributed by atoms with Gasteiger partial charge in [0.25, 0.3) is 0 Å². The van der Waals surface area contributed by atoms with E-state index in [-0.39, 0.29) is 0 Å². The van der Waals surface area contributed by atoms with E-state index in [2.05, 4.69) is 22.0 Å². The summed E-state index contributed by atoms with van der Waals surface area (Å²) in [5, 5.41) is 3.61. The van der Waals surface area contributed by atoms with Gasteiger partial charge in [0.15, 0.2) is 5.82 Å². The zero-order chi connectivity index (χ0) is 8.27. The molecule has 1 aromatic heterocycles. The molecule has 1 rings (SSSR count). The predicted molar refractivity (Wildman–Crippen MR) is 40.8 cm³/mol. The number of hydrogen-bond acceptors (Lipinski definition) is 3. The van der Waals surface area contributed by atoms with E-state index >= 15 is 0 Å². The molecule has 0 N–H and O–H groups in total. The van der Waals surface area contributed by atoms with Crippen LogP contribution in [0.15, 0.2) is 4.52 Å². The first-order valence-electron chi connectivity index (χ1n) is 3.50. The normalized spacial score (nSPS) is 9.45. The fourth-order valence-corrected chi connectivity index (χ4v) is 0.554. The van der Waals surface area contributed by atoms with E-state index in [0.29, 0.717) is 17.6 Å². The van der Waals surface area contributed by atoms with Crippen molar-refractivity contribution in [3.8, 4) is 11.8 Å². The van der Waals surface area contributed by atoms with Crippen molar-refractivity contribution in [1.29, 1.82) is 0 Å². The number of hydrogen-bond donors (Lipinski definition) is 0. The van der Waals surface area contributed by atoms with Crippen LogP contribution >= 0.6 is 0 Å². The van der Waals surface area contributed by atoms with Gasteiger partial charge in [0.1, 0.15) is 0 Å². The van der Waals surface area contributed by atoms with Gasteiger partial charge in [-0.2, -0.15) is 4.98 Å². The van der Waals surface area contributed by atoms with Crippen LogP contribution < -0.4 is 0 Å². The Morgan fingerprint density at radius 1 is 1.45 bits per heavy atom. The van der Waals surface area contributed by atoms with Crippen molar-refractivity contribution >= 4 is 0 Å². The lowest BCUT2D eigenvalue weighted by molar-refractivity contribution is 0.403. The Morgan fingerprint density at radius 2 is 2.18 bits per heavy atom. The molecule has 0 aliphatic rings. The van der Waals surface area contributed by atoms with Gasteiger partial charge in [-0.05, 0) is 12.8 Å². The average Bonchev–Trinajstić information content (AvgIpc) is 2.31. The summed E-state index contributed by atoms with van der Waals surface area (Å²) in [6.07, 6.45) is 0. The molecule has 0 unspecified atom stereocenters. The fourth-order valence-electron chi connectivity index (χ4n) is 0.554. The lowest BCUT2D eigenvalue weighted by Gasteiger charge is -1.83. The summed E-state index contributed by atoms with van der Waals surface area (Å²) >= 11 is 0. The van der Waals surface area contributed by atoms with Crippen LogP contribution in [0.25, 0.3) is 0 Å². The Balaban J connectivity index is 2.74. The van der Waals surface area contributed by atoms with E-state index in [1.165, 1.54) is 0 Å². The minimum atomic E-state index is 0.335. The number of rotatable bonds is 0. The molecule has 11 heavy (non-hydrogen) atoms. The first kappa shape index (κ1) is 7.80. The SMILES string of the molecule is Cc1noc(C#CC(C)C)n1. The molecule has 1 aromatic rings. The molecule has 0 aromatic carbocycles. The van der Waals surface area contributed by atoms with Gasteiger partial charge < -0.3 is 4.52 Å².